The summed E-state index contributed by atoms with van der Waals surface area (Å²) in [7, 11) is 0. The number of amidine groups is 1. The largest absolute Gasteiger partial charge is 0.303 e. The number of nitrogens with zero attached hydrogens (tertiary/aromatic N) is 2. The quantitative estimate of drug-likeness (QED) is 0.667. The minimum absolute atomic E-state index is 0.121. The number of nitrogens with one attached hydrogen (secondary N) is 1. The Morgan fingerprint density at radius 1 is 1.17 bits per heavy atom. The van der Waals surface area contributed by atoms with Crippen LogP contribution >= 0.6 is 23.4 Å². The molecule has 0 unspecified atom stereocenters. The Bertz CT molecular complexity index is 790. The van der Waals surface area contributed by atoms with Gasteiger partial charge in [0.25, 0.3) is 0 Å². The SMILES string of the molecule is O=C1N/C(=N\N=C/c2ccc(Cl)cc2)S[C@@H]1Cc1ccc(F)cc1. The van der Waals surface area contributed by atoms with E-state index in [1.807, 2.05) is 12.1 Å². The lowest BCUT2D eigenvalue weighted by molar-refractivity contribution is -0.118. The zero-order chi connectivity index (χ0) is 16.9. The van der Waals surface area contributed by atoms with Crippen LogP contribution in [0.4, 0.5) is 4.39 Å². The second-order valence-corrected chi connectivity index (χ2v) is 6.76. The van der Waals surface area contributed by atoms with E-state index in [-0.39, 0.29) is 17.0 Å². The van der Waals surface area contributed by atoms with Crippen molar-refractivity contribution in [3.63, 3.8) is 0 Å². The molecule has 1 aliphatic rings. The molecule has 0 spiro atoms. The predicted molar refractivity (Wildman–Crippen MR) is 96.1 cm³/mol. The maximum absolute atomic E-state index is 12.9. The van der Waals surface area contributed by atoms with Crippen LogP contribution in [0.25, 0.3) is 0 Å². The molecule has 3 rings (SSSR count). The molecule has 0 aliphatic carbocycles. The molecular weight excluding hydrogens is 349 g/mol. The van der Waals surface area contributed by atoms with Crippen LogP contribution < -0.4 is 5.32 Å². The molecule has 0 saturated carbocycles. The number of carbonyl (C=O) groups excluding carboxylic acids is 1. The number of rotatable bonds is 4. The molecule has 2 aromatic rings. The third kappa shape index (κ3) is 4.43. The smallest absolute Gasteiger partial charge is 0.239 e. The molecule has 7 heteroatoms. The molecule has 0 radical (unpaired) electrons. The van der Waals surface area contributed by atoms with Crippen LogP contribution in [-0.2, 0) is 11.2 Å². The van der Waals surface area contributed by atoms with E-state index in [1.54, 1.807) is 30.5 Å². The molecule has 24 heavy (non-hydrogen) atoms. The van der Waals surface area contributed by atoms with Crippen LogP contribution in [0, 0.1) is 5.82 Å². The molecular formula is C17H13ClFN3OS. The van der Waals surface area contributed by atoms with E-state index in [4.69, 9.17) is 11.6 Å². The van der Waals surface area contributed by atoms with Crippen molar-refractivity contribution in [2.24, 2.45) is 10.2 Å². The minimum atomic E-state index is -0.292. The summed E-state index contributed by atoms with van der Waals surface area (Å²) in [4.78, 5) is 12.0. The van der Waals surface area contributed by atoms with Crippen LogP contribution in [0.5, 0.6) is 0 Å². The van der Waals surface area contributed by atoms with E-state index in [9.17, 15) is 9.18 Å². The second kappa shape index (κ2) is 7.59. The molecule has 2 aromatic carbocycles. The fourth-order valence-electron chi connectivity index (χ4n) is 2.12. The second-order valence-electron chi connectivity index (χ2n) is 5.13. The fraction of sp³-hybridized carbons (Fsp3) is 0.118. The first-order chi connectivity index (χ1) is 11.6. The molecule has 0 bridgehead atoms. The lowest BCUT2D eigenvalue weighted by atomic mass is 10.1. The van der Waals surface area contributed by atoms with Gasteiger partial charge in [-0.3, -0.25) is 4.79 Å². The molecule has 1 saturated heterocycles. The summed E-state index contributed by atoms with van der Waals surface area (Å²) < 4.78 is 12.9. The highest BCUT2D eigenvalue weighted by Crippen LogP contribution is 2.23. The Morgan fingerprint density at radius 2 is 1.88 bits per heavy atom. The van der Waals surface area contributed by atoms with Crippen LogP contribution in [0.2, 0.25) is 5.02 Å². The number of amides is 1. The monoisotopic (exact) mass is 361 g/mol. The minimum Gasteiger partial charge on any atom is -0.303 e. The standard InChI is InChI=1S/C17H13ClFN3OS/c18-13-5-1-12(2-6-13)10-20-22-17-21-16(23)15(24-17)9-11-3-7-14(19)8-4-11/h1-8,10,15H,9H2,(H,21,22,23)/b20-10-/t15-/m1/s1. The highest BCUT2D eigenvalue weighted by molar-refractivity contribution is 8.15. The number of hydrogen-bond acceptors (Lipinski definition) is 4. The van der Waals surface area contributed by atoms with Crippen molar-refractivity contribution in [3.05, 3.63) is 70.5 Å². The van der Waals surface area contributed by atoms with Gasteiger partial charge in [0, 0.05) is 5.02 Å². The van der Waals surface area contributed by atoms with Crippen LogP contribution in [-0.4, -0.2) is 22.5 Å². The molecule has 0 aromatic heterocycles. The van der Waals surface area contributed by atoms with E-state index in [0.717, 1.165) is 11.1 Å². The van der Waals surface area contributed by atoms with E-state index in [0.29, 0.717) is 16.6 Å². The van der Waals surface area contributed by atoms with Gasteiger partial charge in [-0.1, -0.05) is 47.6 Å². The first kappa shape index (κ1) is 16.7. The van der Waals surface area contributed by atoms with Gasteiger partial charge in [-0.2, -0.15) is 5.10 Å². The zero-order valence-electron chi connectivity index (χ0n) is 12.4. The summed E-state index contributed by atoms with van der Waals surface area (Å²) in [5.41, 5.74) is 1.76. The topological polar surface area (TPSA) is 53.8 Å². The Labute approximate surface area is 147 Å². The fourth-order valence-corrected chi connectivity index (χ4v) is 3.21. The molecule has 4 nitrogen and oxygen atoms in total. The Balaban J connectivity index is 1.61. The van der Waals surface area contributed by atoms with Gasteiger partial charge < -0.3 is 5.32 Å². The third-order valence-electron chi connectivity index (χ3n) is 3.34. The van der Waals surface area contributed by atoms with Crippen molar-refractivity contribution in [1.29, 1.82) is 0 Å². The molecule has 1 amide bonds. The summed E-state index contributed by atoms with van der Waals surface area (Å²) >= 11 is 7.13. The zero-order valence-corrected chi connectivity index (χ0v) is 14.0. The molecule has 1 atom stereocenters. The average Bonchev–Trinajstić information content (AvgIpc) is 2.91. The molecule has 122 valence electrons. The summed E-state index contributed by atoms with van der Waals surface area (Å²) in [5.74, 6) is -0.411. The van der Waals surface area contributed by atoms with Gasteiger partial charge in [0.1, 0.15) is 5.82 Å². The first-order valence-electron chi connectivity index (χ1n) is 7.19. The molecule has 1 N–H and O–H groups in total. The van der Waals surface area contributed by atoms with Crippen LogP contribution in [0.3, 0.4) is 0 Å². The van der Waals surface area contributed by atoms with Gasteiger partial charge >= 0.3 is 0 Å². The lowest BCUT2D eigenvalue weighted by Crippen LogP contribution is -2.25. The van der Waals surface area contributed by atoms with Crippen molar-refractivity contribution in [2.45, 2.75) is 11.7 Å². The van der Waals surface area contributed by atoms with E-state index >= 15 is 0 Å². The van der Waals surface area contributed by atoms with Gasteiger partial charge in [-0.25, -0.2) is 4.39 Å². The van der Waals surface area contributed by atoms with E-state index in [1.165, 1.54) is 23.9 Å². The highest BCUT2D eigenvalue weighted by Gasteiger charge is 2.30. The van der Waals surface area contributed by atoms with Crippen LogP contribution in [0.1, 0.15) is 11.1 Å². The van der Waals surface area contributed by atoms with Crippen molar-refractivity contribution < 1.29 is 9.18 Å². The number of halogens is 2. The van der Waals surface area contributed by atoms with E-state index < -0.39 is 0 Å². The third-order valence-corrected chi connectivity index (χ3v) is 4.66. The van der Waals surface area contributed by atoms with Gasteiger partial charge in [-0.15, -0.1) is 5.10 Å². The van der Waals surface area contributed by atoms with Gasteiger partial charge in [-0.05, 0) is 41.8 Å². The van der Waals surface area contributed by atoms with Crippen molar-refractivity contribution >= 4 is 40.7 Å². The summed E-state index contributed by atoms with van der Waals surface area (Å²) in [6, 6.07) is 13.3. The Morgan fingerprint density at radius 3 is 2.58 bits per heavy atom. The molecule has 1 aliphatic heterocycles. The number of benzene rings is 2. The van der Waals surface area contributed by atoms with Gasteiger partial charge in [0.05, 0.1) is 11.5 Å². The van der Waals surface area contributed by atoms with Crippen molar-refractivity contribution in [2.75, 3.05) is 0 Å². The highest BCUT2D eigenvalue weighted by atomic mass is 35.5. The Kier molecular flexibility index (Phi) is 5.27. The molecule has 1 fully saturated rings. The number of hydrogen-bond donors (Lipinski definition) is 1. The summed E-state index contributed by atoms with van der Waals surface area (Å²) in [6.45, 7) is 0. The average molecular weight is 362 g/mol. The van der Waals surface area contributed by atoms with Gasteiger partial charge in [0.15, 0.2) is 5.17 Å². The normalized spacial score (nSPS) is 19.2. The van der Waals surface area contributed by atoms with E-state index in [2.05, 4.69) is 15.5 Å². The van der Waals surface area contributed by atoms with Crippen molar-refractivity contribution in [3.8, 4) is 0 Å². The Hall–Kier alpha value is -2.18. The maximum Gasteiger partial charge on any atom is 0.239 e. The maximum atomic E-state index is 12.9. The predicted octanol–water partition coefficient (Wildman–Crippen LogP) is 3.64. The lowest BCUT2D eigenvalue weighted by Gasteiger charge is -2.04. The molecule has 1 heterocycles. The summed E-state index contributed by atoms with van der Waals surface area (Å²) in [6.07, 6.45) is 2.10. The number of thioether (sulfide) groups is 1. The number of carbonyl (C=O) groups is 1. The van der Waals surface area contributed by atoms with Gasteiger partial charge in [0.2, 0.25) is 5.91 Å². The van der Waals surface area contributed by atoms with Crippen LogP contribution in [0.15, 0.2) is 58.7 Å². The first-order valence-corrected chi connectivity index (χ1v) is 8.44. The van der Waals surface area contributed by atoms with Crippen molar-refractivity contribution in [1.82, 2.24) is 5.32 Å². The summed E-state index contributed by atoms with van der Waals surface area (Å²) in [5, 5.41) is 11.5.